The molecule has 1 aromatic carbocycles. The number of anilines is 2. The fraction of sp³-hybridized carbons (Fsp3) is 0.500. The third-order valence-corrected chi connectivity index (χ3v) is 5.04. The van der Waals surface area contributed by atoms with Gasteiger partial charge in [0.2, 0.25) is 0 Å². The van der Waals surface area contributed by atoms with E-state index in [2.05, 4.69) is 46.2 Å². The van der Waals surface area contributed by atoms with Crippen LogP contribution in [0.25, 0.3) is 0 Å². The van der Waals surface area contributed by atoms with Crippen LogP contribution in [0.2, 0.25) is 0 Å². The Morgan fingerprint density at radius 2 is 1.96 bits per heavy atom. The zero-order valence-corrected chi connectivity index (χ0v) is 15.7. The monoisotopic (exact) mass is 356 g/mol. The summed E-state index contributed by atoms with van der Waals surface area (Å²) in [5.74, 6) is 1.93. The van der Waals surface area contributed by atoms with Crippen molar-refractivity contribution in [1.29, 1.82) is 0 Å². The van der Waals surface area contributed by atoms with Crippen LogP contribution in [0, 0.1) is 5.92 Å². The van der Waals surface area contributed by atoms with Crippen molar-refractivity contribution in [2.75, 3.05) is 23.4 Å². The Morgan fingerprint density at radius 1 is 1.15 bits per heavy atom. The van der Waals surface area contributed by atoms with Crippen LogP contribution in [0.1, 0.15) is 43.6 Å². The lowest BCUT2D eigenvalue weighted by molar-refractivity contribution is 0.199. The van der Waals surface area contributed by atoms with Crippen LogP contribution in [0.5, 0.6) is 0 Å². The summed E-state index contributed by atoms with van der Waals surface area (Å²) < 4.78 is 0. The zero-order chi connectivity index (χ0) is 18.7. The molecule has 1 aromatic heterocycles. The molecule has 0 saturated heterocycles. The first-order valence-electron chi connectivity index (χ1n) is 9.22. The average molecular weight is 356 g/mol. The predicted molar refractivity (Wildman–Crippen MR) is 103 cm³/mol. The zero-order valence-electron chi connectivity index (χ0n) is 15.7. The second-order valence-electron chi connectivity index (χ2n) is 7.31. The van der Waals surface area contributed by atoms with Gasteiger partial charge in [0.25, 0.3) is 0 Å². The third kappa shape index (κ3) is 4.14. The number of hydrogen-bond donors (Lipinski definition) is 3. The minimum absolute atomic E-state index is 0.0290. The van der Waals surface area contributed by atoms with E-state index >= 15 is 0 Å². The van der Waals surface area contributed by atoms with Gasteiger partial charge >= 0.3 is 0 Å². The van der Waals surface area contributed by atoms with Gasteiger partial charge in [-0.3, -0.25) is 0 Å². The Balaban J connectivity index is 1.75. The van der Waals surface area contributed by atoms with Gasteiger partial charge in [-0.2, -0.15) is 0 Å². The normalized spacial score (nSPS) is 16.3. The molecule has 0 fully saturated rings. The average Bonchev–Trinajstić information content (AvgIpc) is 2.65. The Bertz CT molecular complexity index is 748. The number of hydrogen-bond acceptors (Lipinski definition) is 6. The lowest BCUT2D eigenvalue weighted by Gasteiger charge is -2.30. The molecule has 2 atom stereocenters. The fourth-order valence-electron chi connectivity index (χ4n) is 3.24. The number of aliphatic hydroxyl groups is 2. The molecule has 6 nitrogen and oxygen atoms in total. The number of aliphatic hydroxyl groups excluding tert-OH is 2. The smallest absolute Gasteiger partial charge is 0.134 e. The Hall–Kier alpha value is -2.18. The molecular formula is C20H28N4O2. The van der Waals surface area contributed by atoms with E-state index in [0.717, 1.165) is 36.7 Å². The first kappa shape index (κ1) is 18.6. The predicted octanol–water partition coefficient (Wildman–Crippen LogP) is 2.52. The first-order chi connectivity index (χ1) is 12.5. The van der Waals surface area contributed by atoms with Crippen LogP contribution in [0.3, 0.4) is 0 Å². The molecule has 6 heteroatoms. The Morgan fingerprint density at radius 3 is 2.65 bits per heavy atom. The van der Waals surface area contributed by atoms with Gasteiger partial charge in [0.05, 0.1) is 18.8 Å². The molecule has 0 unspecified atom stereocenters. The molecule has 0 aliphatic carbocycles. The molecule has 0 spiro atoms. The largest absolute Gasteiger partial charge is 0.394 e. The standard InChI is InChI=1S/C20H28N4O2/c1-13(2)18(11-25)23-19-9-20(22-12-21-19)24-7-6-16-8-15(14(3)26)4-5-17(16)10-24/h4-5,8-9,12-14,18,25-26H,6-7,10-11H2,1-3H3,(H,21,22,23)/t14-,18-/m1/s1. The van der Waals surface area contributed by atoms with Crippen molar-refractivity contribution in [3.63, 3.8) is 0 Å². The summed E-state index contributed by atoms with van der Waals surface area (Å²) in [6.07, 6.45) is 2.06. The maximum atomic E-state index is 9.76. The molecule has 140 valence electrons. The van der Waals surface area contributed by atoms with Gasteiger partial charge in [0, 0.05) is 19.2 Å². The van der Waals surface area contributed by atoms with E-state index in [1.165, 1.54) is 11.1 Å². The molecular weight excluding hydrogens is 328 g/mol. The summed E-state index contributed by atoms with van der Waals surface area (Å²) in [6.45, 7) is 7.67. The minimum atomic E-state index is -0.436. The molecule has 26 heavy (non-hydrogen) atoms. The Kier molecular flexibility index (Phi) is 5.74. The molecule has 3 N–H and O–H groups in total. The van der Waals surface area contributed by atoms with Crippen molar-refractivity contribution >= 4 is 11.6 Å². The number of benzene rings is 1. The van der Waals surface area contributed by atoms with Gasteiger partial charge in [-0.25, -0.2) is 9.97 Å². The molecule has 0 bridgehead atoms. The summed E-state index contributed by atoms with van der Waals surface area (Å²) >= 11 is 0. The van der Waals surface area contributed by atoms with E-state index in [1.807, 2.05) is 12.1 Å². The van der Waals surface area contributed by atoms with Gasteiger partial charge < -0.3 is 20.4 Å². The second-order valence-corrected chi connectivity index (χ2v) is 7.31. The van der Waals surface area contributed by atoms with Crippen LogP contribution < -0.4 is 10.2 Å². The number of fused-ring (bicyclic) bond motifs is 1. The molecule has 0 radical (unpaired) electrons. The highest BCUT2D eigenvalue weighted by Gasteiger charge is 2.20. The van der Waals surface area contributed by atoms with Crippen LogP contribution in [-0.2, 0) is 13.0 Å². The Labute approximate surface area is 154 Å². The molecule has 1 aliphatic heterocycles. The molecule has 3 rings (SSSR count). The van der Waals surface area contributed by atoms with Crippen molar-refractivity contribution in [1.82, 2.24) is 9.97 Å². The first-order valence-corrected chi connectivity index (χ1v) is 9.22. The molecule has 2 heterocycles. The van der Waals surface area contributed by atoms with Gasteiger partial charge in [-0.15, -0.1) is 0 Å². The highest BCUT2D eigenvalue weighted by atomic mass is 16.3. The number of nitrogens with one attached hydrogen (secondary N) is 1. The van der Waals surface area contributed by atoms with Gasteiger partial charge in [-0.1, -0.05) is 32.0 Å². The van der Waals surface area contributed by atoms with Crippen molar-refractivity contribution in [3.8, 4) is 0 Å². The summed E-state index contributed by atoms with van der Waals surface area (Å²) in [7, 11) is 0. The van der Waals surface area contributed by atoms with Crippen molar-refractivity contribution < 1.29 is 10.2 Å². The van der Waals surface area contributed by atoms with E-state index in [-0.39, 0.29) is 12.6 Å². The van der Waals surface area contributed by atoms with E-state index in [0.29, 0.717) is 5.92 Å². The van der Waals surface area contributed by atoms with Crippen LogP contribution in [-0.4, -0.2) is 39.4 Å². The van der Waals surface area contributed by atoms with Crippen LogP contribution >= 0.6 is 0 Å². The van der Waals surface area contributed by atoms with Crippen LogP contribution in [0.15, 0.2) is 30.6 Å². The summed E-state index contributed by atoms with van der Waals surface area (Å²) in [5.41, 5.74) is 3.53. The van der Waals surface area contributed by atoms with Gasteiger partial charge in [0.15, 0.2) is 0 Å². The molecule has 0 saturated carbocycles. The number of nitrogens with zero attached hydrogens (tertiary/aromatic N) is 3. The SMILES string of the molecule is CC(C)[C@@H](CO)Nc1cc(N2CCc3cc([C@@H](C)O)ccc3C2)ncn1. The maximum absolute atomic E-state index is 9.76. The summed E-state index contributed by atoms with van der Waals surface area (Å²) in [6, 6.07) is 8.12. The number of aromatic nitrogens is 2. The summed E-state index contributed by atoms with van der Waals surface area (Å²) in [4.78, 5) is 11.0. The van der Waals surface area contributed by atoms with E-state index in [9.17, 15) is 10.2 Å². The molecule has 1 aliphatic rings. The molecule has 0 amide bonds. The maximum Gasteiger partial charge on any atom is 0.134 e. The lowest BCUT2D eigenvalue weighted by atomic mass is 9.96. The van der Waals surface area contributed by atoms with Crippen molar-refractivity contribution in [3.05, 3.63) is 47.3 Å². The van der Waals surface area contributed by atoms with E-state index in [4.69, 9.17) is 0 Å². The van der Waals surface area contributed by atoms with Crippen LogP contribution in [0.4, 0.5) is 11.6 Å². The van der Waals surface area contributed by atoms with E-state index in [1.54, 1.807) is 13.3 Å². The minimum Gasteiger partial charge on any atom is -0.394 e. The molecule has 2 aromatic rings. The lowest BCUT2D eigenvalue weighted by Crippen LogP contribution is -2.32. The number of rotatable bonds is 6. The topological polar surface area (TPSA) is 81.5 Å². The fourth-order valence-corrected chi connectivity index (χ4v) is 3.24. The van der Waals surface area contributed by atoms with E-state index < -0.39 is 6.10 Å². The van der Waals surface area contributed by atoms with Gasteiger partial charge in [0.1, 0.15) is 18.0 Å². The third-order valence-electron chi connectivity index (χ3n) is 5.04. The van der Waals surface area contributed by atoms with Crippen molar-refractivity contribution in [2.45, 2.75) is 45.9 Å². The highest BCUT2D eigenvalue weighted by molar-refractivity contribution is 5.51. The highest BCUT2D eigenvalue weighted by Crippen LogP contribution is 2.26. The second kappa shape index (κ2) is 8.01. The van der Waals surface area contributed by atoms with Gasteiger partial charge in [-0.05, 0) is 36.0 Å². The summed E-state index contributed by atoms with van der Waals surface area (Å²) in [5, 5.41) is 22.6. The quantitative estimate of drug-likeness (QED) is 0.738. The van der Waals surface area contributed by atoms with Crippen molar-refractivity contribution in [2.24, 2.45) is 5.92 Å².